The molecule has 33 heavy (non-hydrogen) atoms. The van der Waals surface area contributed by atoms with E-state index < -0.39 is 0 Å². The molecule has 3 N–H and O–H groups in total. The number of hydrogen-bond donors (Lipinski definition) is 3. The van der Waals surface area contributed by atoms with Gasteiger partial charge in [0.15, 0.2) is 0 Å². The van der Waals surface area contributed by atoms with E-state index in [1.165, 1.54) is 18.6 Å². The van der Waals surface area contributed by atoms with Crippen LogP contribution in [0.2, 0.25) is 0 Å². The highest BCUT2D eigenvalue weighted by Crippen LogP contribution is 2.30. The monoisotopic (exact) mass is 453 g/mol. The van der Waals surface area contributed by atoms with Gasteiger partial charge in [0.1, 0.15) is 5.82 Å². The van der Waals surface area contributed by atoms with Crippen molar-refractivity contribution in [3.63, 3.8) is 0 Å². The van der Waals surface area contributed by atoms with Gasteiger partial charge in [-0.05, 0) is 55.0 Å². The fourth-order valence-corrected chi connectivity index (χ4v) is 4.69. The van der Waals surface area contributed by atoms with Crippen LogP contribution >= 0.6 is 0 Å². The molecule has 1 fully saturated rings. The predicted octanol–water partition coefficient (Wildman–Crippen LogP) is 4.86. The Morgan fingerprint density at radius 3 is 2.27 bits per heavy atom. The maximum atomic E-state index is 13.1. The van der Waals surface area contributed by atoms with Gasteiger partial charge in [-0.3, -0.25) is 9.59 Å². The van der Waals surface area contributed by atoms with Gasteiger partial charge in [0, 0.05) is 25.3 Å². The normalized spacial score (nSPS) is 15.9. The van der Waals surface area contributed by atoms with Crippen LogP contribution < -0.4 is 16.0 Å². The van der Waals surface area contributed by atoms with Crippen molar-refractivity contribution in [2.45, 2.75) is 51.4 Å². The average Bonchev–Trinajstić information content (AvgIpc) is 2.85. The molecule has 0 radical (unpaired) electrons. The van der Waals surface area contributed by atoms with Gasteiger partial charge in [0.05, 0.1) is 11.8 Å². The van der Waals surface area contributed by atoms with E-state index in [0.717, 1.165) is 36.9 Å². The van der Waals surface area contributed by atoms with Gasteiger partial charge in [-0.25, -0.2) is 4.39 Å². The van der Waals surface area contributed by atoms with Crippen LogP contribution in [-0.4, -0.2) is 31.4 Å². The zero-order valence-corrected chi connectivity index (χ0v) is 19.5. The standard InChI is InChI=1S/C27H36FN3O2/c1-2-24(20-9-5-3-6-10-20)26(32)31-19-25(21-11-7-4-8-12-21)27(33)30-18-17-29-23-15-13-22(28)14-16-23/h3,5-6,9-10,13-16,21,24-25,29H,2,4,7-8,11-12,17-19H2,1H3,(H,30,33)(H,31,32)/t24-,25?/m1/s1. The molecular formula is C27H36FN3O2. The summed E-state index contributed by atoms with van der Waals surface area (Å²) >= 11 is 0. The molecule has 0 saturated heterocycles. The number of amides is 2. The lowest BCUT2D eigenvalue weighted by molar-refractivity contribution is -0.128. The molecule has 6 heteroatoms. The molecule has 2 amide bonds. The molecular weight excluding hydrogens is 417 g/mol. The number of hydrogen-bond acceptors (Lipinski definition) is 3. The summed E-state index contributed by atoms with van der Waals surface area (Å²) in [7, 11) is 0. The first-order chi connectivity index (χ1) is 16.1. The Labute approximate surface area is 196 Å². The van der Waals surface area contributed by atoms with Crippen molar-refractivity contribution >= 4 is 17.5 Å². The first kappa shape index (κ1) is 24.7. The fraction of sp³-hybridized carbons (Fsp3) is 0.481. The van der Waals surface area contributed by atoms with E-state index in [-0.39, 0.29) is 29.5 Å². The van der Waals surface area contributed by atoms with Crippen molar-refractivity contribution in [2.24, 2.45) is 11.8 Å². The van der Waals surface area contributed by atoms with E-state index in [1.54, 1.807) is 12.1 Å². The molecule has 5 nitrogen and oxygen atoms in total. The minimum atomic E-state index is -0.274. The molecule has 0 aromatic heterocycles. The fourth-order valence-electron chi connectivity index (χ4n) is 4.69. The Morgan fingerprint density at radius 1 is 0.909 bits per heavy atom. The van der Waals surface area contributed by atoms with Gasteiger partial charge >= 0.3 is 0 Å². The van der Waals surface area contributed by atoms with Crippen molar-refractivity contribution in [1.82, 2.24) is 10.6 Å². The van der Waals surface area contributed by atoms with Crippen LogP contribution in [0.4, 0.5) is 10.1 Å². The van der Waals surface area contributed by atoms with Crippen LogP contribution in [0.15, 0.2) is 54.6 Å². The number of anilines is 1. The summed E-state index contributed by atoms with van der Waals surface area (Å²) in [5.41, 5.74) is 1.82. The van der Waals surface area contributed by atoms with Crippen LogP contribution in [0.25, 0.3) is 0 Å². The maximum absolute atomic E-state index is 13.1. The van der Waals surface area contributed by atoms with E-state index in [4.69, 9.17) is 0 Å². The second kappa shape index (κ2) is 13.0. The molecule has 0 bridgehead atoms. The summed E-state index contributed by atoms with van der Waals surface area (Å²) in [6.07, 6.45) is 6.25. The molecule has 1 aliphatic rings. The number of benzene rings is 2. The van der Waals surface area contributed by atoms with Gasteiger partial charge in [-0.1, -0.05) is 56.5 Å². The van der Waals surface area contributed by atoms with Crippen LogP contribution in [-0.2, 0) is 9.59 Å². The van der Waals surface area contributed by atoms with Gasteiger partial charge < -0.3 is 16.0 Å². The van der Waals surface area contributed by atoms with Crippen molar-refractivity contribution in [1.29, 1.82) is 0 Å². The third-order valence-corrected chi connectivity index (χ3v) is 6.58. The highest BCUT2D eigenvalue weighted by molar-refractivity contribution is 5.85. The van der Waals surface area contributed by atoms with E-state index in [1.807, 2.05) is 37.3 Å². The summed E-state index contributed by atoms with van der Waals surface area (Å²) < 4.78 is 13.0. The highest BCUT2D eigenvalue weighted by atomic mass is 19.1. The molecule has 1 aliphatic carbocycles. The molecule has 0 heterocycles. The molecule has 3 rings (SSSR count). The van der Waals surface area contributed by atoms with Crippen LogP contribution in [0.1, 0.15) is 56.9 Å². The molecule has 178 valence electrons. The van der Waals surface area contributed by atoms with E-state index in [0.29, 0.717) is 32.0 Å². The number of nitrogens with one attached hydrogen (secondary N) is 3. The zero-order chi connectivity index (χ0) is 23.5. The third kappa shape index (κ3) is 7.58. The minimum Gasteiger partial charge on any atom is -0.383 e. The quantitative estimate of drug-likeness (QED) is 0.426. The van der Waals surface area contributed by atoms with Crippen molar-refractivity contribution in [3.8, 4) is 0 Å². The first-order valence-corrected chi connectivity index (χ1v) is 12.2. The Balaban J connectivity index is 1.54. The minimum absolute atomic E-state index is 0.00383. The summed E-state index contributed by atoms with van der Waals surface area (Å²) in [6, 6.07) is 16.0. The molecule has 2 atom stereocenters. The molecule has 1 unspecified atom stereocenters. The van der Waals surface area contributed by atoms with Gasteiger partial charge in [-0.2, -0.15) is 0 Å². The van der Waals surface area contributed by atoms with E-state index >= 15 is 0 Å². The Bertz CT molecular complexity index is 867. The van der Waals surface area contributed by atoms with E-state index in [9.17, 15) is 14.0 Å². The van der Waals surface area contributed by atoms with Crippen molar-refractivity contribution in [3.05, 3.63) is 66.0 Å². The zero-order valence-electron chi connectivity index (χ0n) is 19.5. The highest BCUT2D eigenvalue weighted by Gasteiger charge is 2.30. The molecule has 0 spiro atoms. The topological polar surface area (TPSA) is 70.2 Å². The molecule has 0 aliphatic heterocycles. The summed E-state index contributed by atoms with van der Waals surface area (Å²) in [5.74, 6) is -0.439. The molecule has 2 aromatic rings. The first-order valence-electron chi connectivity index (χ1n) is 12.2. The number of rotatable bonds is 11. The van der Waals surface area contributed by atoms with Crippen molar-refractivity contribution < 1.29 is 14.0 Å². The molecule has 1 saturated carbocycles. The Morgan fingerprint density at radius 2 is 1.61 bits per heavy atom. The average molecular weight is 454 g/mol. The number of carbonyl (C=O) groups excluding carboxylic acids is 2. The maximum Gasteiger partial charge on any atom is 0.227 e. The number of halogens is 1. The largest absolute Gasteiger partial charge is 0.383 e. The Hall–Kier alpha value is -2.89. The van der Waals surface area contributed by atoms with Gasteiger partial charge in [0.2, 0.25) is 11.8 Å². The van der Waals surface area contributed by atoms with Crippen LogP contribution in [0.3, 0.4) is 0 Å². The summed E-state index contributed by atoms with van der Waals surface area (Å²) in [5, 5.41) is 9.30. The van der Waals surface area contributed by atoms with E-state index in [2.05, 4.69) is 16.0 Å². The lowest BCUT2D eigenvalue weighted by Crippen LogP contribution is -2.45. The van der Waals surface area contributed by atoms with Crippen LogP contribution in [0, 0.1) is 17.7 Å². The summed E-state index contributed by atoms with van der Waals surface area (Å²) in [6.45, 7) is 3.39. The smallest absolute Gasteiger partial charge is 0.227 e. The van der Waals surface area contributed by atoms with Gasteiger partial charge in [0.25, 0.3) is 0 Å². The third-order valence-electron chi connectivity index (χ3n) is 6.58. The van der Waals surface area contributed by atoms with Gasteiger partial charge in [-0.15, -0.1) is 0 Å². The second-order valence-corrected chi connectivity index (χ2v) is 8.85. The lowest BCUT2D eigenvalue weighted by Gasteiger charge is -2.30. The Kier molecular flexibility index (Phi) is 9.73. The molecule has 2 aromatic carbocycles. The lowest BCUT2D eigenvalue weighted by atomic mass is 9.79. The van der Waals surface area contributed by atoms with Crippen LogP contribution in [0.5, 0.6) is 0 Å². The van der Waals surface area contributed by atoms with Crippen molar-refractivity contribution in [2.75, 3.05) is 25.0 Å². The summed E-state index contributed by atoms with van der Waals surface area (Å²) in [4.78, 5) is 26.0. The second-order valence-electron chi connectivity index (χ2n) is 8.85. The predicted molar refractivity (Wildman–Crippen MR) is 130 cm³/mol. The number of carbonyl (C=O) groups is 2. The SMILES string of the molecule is CC[C@@H](C(=O)NCC(C(=O)NCCNc1ccc(F)cc1)C1CCCCC1)c1ccccc1.